The number of nitrogens with zero attached hydrogens (tertiary/aromatic N) is 1. The highest BCUT2D eigenvalue weighted by atomic mass is 35.5. The highest BCUT2D eigenvalue weighted by Crippen LogP contribution is 2.22. The Hall–Kier alpha value is -2.72. The van der Waals surface area contributed by atoms with Gasteiger partial charge in [0.25, 0.3) is 5.91 Å². The molecule has 11 heteroatoms. The summed E-state index contributed by atoms with van der Waals surface area (Å²) in [5.74, 6) is 4.55. The fourth-order valence-corrected chi connectivity index (χ4v) is 2.76. The van der Waals surface area contributed by atoms with Crippen LogP contribution >= 0.6 is 24.8 Å². The SMILES string of the molecule is CC(=O)Nc1cc(CCc2ccc(C(=O)NN)cc2CN)cnc1NC(C)=O.Cl.Cl. The molecule has 0 aliphatic carbocycles. The molecule has 0 bridgehead atoms. The number of benzene rings is 1. The molecule has 0 aliphatic heterocycles. The first-order valence-corrected chi connectivity index (χ1v) is 8.71. The zero-order chi connectivity index (χ0) is 20.7. The molecule has 0 fully saturated rings. The maximum absolute atomic E-state index is 11.7. The third kappa shape index (κ3) is 7.60. The van der Waals surface area contributed by atoms with Crippen LogP contribution in [0.1, 0.15) is 40.9 Å². The second-order valence-corrected chi connectivity index (χ2v) is 6.26. The average Bonchev–Trinajstić information content (AvgIpc) is 2.66. The van der Waals surface area contributed by atoms with Crippen LogP contribution in [0.3, 0.4) is 0 Å². The number of carbonyl (C=O) groups excluding carboxylic acids is 3. The van der Waals surface area contributed by atoms with Gasteiger partial charge in [0, 0.05) is 32.2 Å². The number of hydrogen-bond donors (Lipinski definition) is 5. The summed E-state index contributed by atoms with van der Waals surface area (Å²) < 4.78 is 0. The van der Waals surface area contributed by atoms with Crippen LogP contribution in [0.4, 0.5) is 11.5 Å². The summed E-state index contributed by atoms with van der Waals surface area (Å²) in [5.41, 5.74) is 11.5. The number of nitrogen functional groups attached to an aromatic ring is 1. The van der Waals surface area contributed by atoms with Gasteiger partial charge in [-0.15, -0.1) is 24.8 Å². The van der Waals surface area contributed by atoms with Crippen molar-refractivity contribution < 1.29 is 14.4 Å². The normalized spacial score (nSPS) is 9.60. The van der Waals surface area contributed by atoms with Gasteiger partial charge in [0.05, 0.1) is 5.69 Å². The predicted octanol–water partition coefficient (Wildman–Crippen LogP) is 1.69. The molecule has 1 heterocycles. The van der Waals surface area contributed by atoms with E-state index < -0.39 is 0 Å². The van der Waals surface area contributed by atoms with Crippen molar-refractivity contribution in [2.75, 3.05) is 10.6 Å². The summed E-state index contributed by atoms with van der Waals surface area (Å²) >= 11 is 0. The van der Waals surface area contributed by atoms with Crippen molar-refractivity contribution in [1.82, 2.24) is 10.4 Å². The second-order valence-electron chi connectivity index (χ2n) is 6.26. The van der Waals surface area contributed by atoms with Crippen LogP contribution in [0.15, 0.2) is 30.5 Å². The minimum atomic E-state index is -0.376. The van der Waals surface area contributed by atoms with Crippen molar-refractivity contribution in [3.8, 4) is 0 Å². The molecule has 3 amide bonds. The van der Waals surface area contributed by atoms with Crippen LogP contribution in [-0.4, -0.2) is 22.7 Å². The maximum Gasteiger partial charge on any atom is 0.265 e. The molecule has 0 radical (unpaired) electrons. The van der Waals surface area contributed by atoms with Crippen molar-refractivity contribution in [2.24, 2.45) is 11.6 Å². The van der Waals surface area contributed by atoms with Gasteiger partial charge in [0.1, 0.15) is 0 Å². The molecule has 2 aromatic rings. The summed E-state index contributed by atoms with van der Waals surface area (Å²) in [6.07, 6.45) is 2.95. The zero-order valence-corrected chi connectivity index (χ0v) is 18.3. The van der Waals surface area contributed by atoms with E-state index in [1.807, 2.05) is 6.07 Å². The molecule has 0 saturated carbocycles. The number of carbonyl (C=O) groups is 3. The number of anilines is 2. The van der Waals surface area contributed by atoms with Gasteiger partial charge in [-0.25, -0.2) is 10.8 Å². The fraction of sp³-hybridized carbons (Fsp3) is 0.263. The van der Waals surface area contributed by atoms with Crippen LogP contribution in [0.2, 0.25) is 0 Å². The Balaban J connectivity index is 0.00000420. The summed E-state index contributed by atoms with van der Waals surface area (Å²) in [6, 6.07) is 7.04. The Labute approximate surface area is 187 Å². The third-order valence-electron chi connectivity index (χ3n) is 4.05. The molecule has 0 aliphatic rings. The number of rotatable bonds is 7. The molecular weight excluding hydrogens is 431 g/mol. The summed E-state index contributed by atoms with van der Waals surface area (Å²) in [6.45, 7) is 3.05. The van der Waals surface area contributed by atoms with E-state index in [0.717, 1.165) is 16.7 Å². The van der Waals surface area contributed by atoms with Gasteiger partial charge < -0.3 is 16.4 Å². The standard InChI is InChI=1S/C19H24N6O3.2ClH/c1-11(26)23-17-7-13(10-22-18(17)24-12(2)27)3-4-14-5-6-15(19(28)25-21)8-16(14)9-20;;/h5-8,10H,3-4,9,20-21H2,1-2H3,(H,23,26)(H,25,28)(H,22,24,27);2*1H. The molecule has 0 unspecified atom stereocenters. The van der Waals surface area contributed by atoms with Gasteiger partial charge >= 0.3 is 0 Å². The van der Waals surface area contributed by atoms with Crippen molar-refractivity contribution >= 4 is 54.0 Å². The van der Waals surface area contributed by atoms with Crippen molar-refractivity contribution in [3.05, 3.63) is 52.7 Å². The van der Waals surface area contributed by atoms with Gasteiger partial charge in [0.15, 0.2) is 5.82 Å². The first kappa shape index (κ1) is 27.3. The minimum absolute atomic E-state index is 0. The topological polar surface area (TPSA) is 152 Å². The monoisotopic (exact) mass is 456 g/mol. The number of amides is 3. The number of halogens is 2. The maximum atomic E-state index is 11.7. The molecule has 164 valence electrons. The lowest BCUT2D eigenvalue weighted by Crippen LogP contribution is -2.30. The molecular formula is C19H26Cl2N6O3. The number of hydrazine groups is 1. The number of pyridine rings is 1. The first-order valence-electron chi connectivity index (χ1n) is 8.71. The molecule has 0 atom stereocenters. The first-order chi connectivity index (χ1) is 13.3. The van der Waals surface area contributed by atoms with Crippen molar-refractivity contribution in [3.63, 3.8) is 0 Å². The Kier molecular flexibility index (Phi) is 11.6. The van der Waals surface area contributed by atoms with Gasteiger partial charge in [-0.1, -0.05) is 6.07 Å². The van der Waals surface area contributed by atoms with E-state index in [-0.39, 0.29) is 49.1 Å². The van der Waals surface area contributed by atoms with Crippen LogP contribution in [-0.2, 0) is 29.0 Å². The summed E-state index contributed by atoms with van der Waals surface area (Å²) in [5, 5.41) is 5.26. The van der Waals surface area contributed by atoms with E-state index >= 15 is 0 Å². The quantitative estimate of drug-likeness (QED) is 0.242. The fourth-order valence-electron chi connectivity index (χ4n) is 2.76. The second kappa shape index (κ2) is 12.8. The average molecular weight is 457 g/mol. The van der Waals surface area contributed by atoms with Crippen molar-refractivity contribution in [2.45, 2.75) is 33.2 Å². The van der Waals surface area contributed by atoms with E-state index in [1.54, 1.807) is 24.4 Å². The lowest BCUT2D eigenvalue weighted by atomic mass is 9.98. The highest BCUT2D eigenvalue weighted by molar-refractivity contribution is 5.97. The molecule has 0 spiro atoms. The highest BCUT2D eigenvalue weighted by Gasteiger charge is 2.11. The van der Waals surface area contributed by atoms with E-state index in [1.165, 1.54) is 13.8 Å². The smallest absolute Gasteiger partial charge is 0.265 e. The van der Waals surface area contributed by atoms with E-state index in [9.17, 15) is 14.4 Å². The molecule has 30 heavy (non-hydrogen) atoms. The molecule has 9 nitrogen and oxygen atoms in total. The van der Waals surface area contributed by atoms with Gasteiger partial charge in [-0.05, 0) is 47.7 Å². The van der Waals surface area contributed by atoms with E-state index in [0.29, 0.717) is 29.9 Å². The summed E-state index contributed by atoms with van der Waals surface area (Å²) in [7, 11) is 0. The lowest BCUT2D eigenvalue weighted by molar-refractivity contribution is -0.115. The number of nitrogens with two attached hydrogens (primary N) is 2. The molecule has 7 N–H and O–H groups in total. The zero-order valence-electron chi connectivity index (χ0n) is 16.7. The Morgan fingerprint density at radius 3 is 2.20 bits per heavy atom. The Bertz CT molecular complexity index is 908. The lowest BCUT2D eigenvalue weighted by Gasteiger charge is -2.13. The van der Waals surface area contributed by atoms with E-state index in [2.05, 4.69) is 21.0 Å². The van der Waals surface area contributed by atoms with Crippen LogP contribution in [0.5, 0.6) is 0 Å². The Morgan fingerprint density at radius 2 is 1.63 bits per heavy atom. The largest absolute Gasteiger partial charge is 0.326 e. The van der Waals surface area contributed by atoms with Gasteiger partial charge in [0.2, 0.25) is 11.8 Å². The Morgan fingerprint density at radius 1 is 0.967 bits per heavy atom. The third-order valence-corrected chi connectivity index (χ3v) is 4.05. The van der Waals surface area contributed by atoms with Crippen LogP contribution in [0, 0.1) is 0 Å². The molecule has 1 aromatic carbocycles. The number of aryl methyl sites for hydroxylation is 2. The number of nitrogens with one attached hydrogen (secondary N) is 3. The van der Waals surface area contributed by atoms with Crippen LogP contribution in [0.25, 0.3) is 0 Å². The minimum Gasteiger partial charge on any atom is -0.326 e. The van der Waals surface area contributed by atoms with E-state index in [4.69, 9.17) is 11.6 Å². The van der Waals surface area contributed by atoms with Crippen LogP contribution < -0.4 is 27.6 Å². The summed E-state index contributed by atoms with van der Waals surface area (Å²) in [4.78, 5) is 38.6. The number of aromatic nitrogens is 1. The molecule has 0 saturated heterocycles. The predicted molar refractivity (Wildman–Crippen MR) is 121 cm³/mol. The number of hydrogen-bond acceptors (Lipinski definition) is 6. The molecule has 1 aromatic heterocycles. The van der Waals surface area contributed by atoms with Gasteiger partial charge in [-0.2, -0.15) is 0 Å². The molecule has 2 rings (SSSR count). The van der Waals surface area contributed by atoms with Gasteiger partial charge in [-0.3, -0.25) is 19.8 Å². The van der Waals surface area contributed by atoms with Crippen molar-refractivity contribution in [1.29, 1.82) is 0 Å².